The summed E-state index contributed by atoms with van der Waals surface area (Å²) in [6, 6.07) is 0. The van der Waals surface area contributed by atoms with Crippen LogP contribution in [0.5, 0.6) is 0 Å². The molecular weight excluding hydrogens is 219 g/mol. The summed E-state index contributed by atoms with van der Waals surface area (Å²) in [6.45, 7) is 5.11. The van der Waals surface area contributed by atoms with Gasteiger partial charge in [-0.25, -0.2) is 0 Å². The van der Waals surface area contributed by atoms with Crippen LogP contribution in [-0.2, 0) is 18.8 Å². The second-order valence-electron chi connectivity index (χ2n) is 3.28. The Bertz CT molecular complexity index is 295. The van der Waals surface area contributed by atoms with Crippen LogP contribution in [0.2, 0.25) is 5.15 Å². The second kappa shape index (κ2) is 5.62. The summed E-state index contributed by atoms with van der Waals surface area (Å²) in [5, 5.41) is 5.15. The summed E-state index contributed by atoms with van der Waals surface area (Å²) in [5.41, 5.74) is 2.02. The molecule has 1 aromatic heterocycles. The van der Waals surface area contributed by atoms with Gasteiger partial charge in [0, 0.05) is 12.1 Å². The fourth-order valence-corrected chi connectivity index (χ4v) is 2.04. The van der Waals surface area contributed by atoms with Crippen molar-refractivity contribution in [2.75, 3.05) is 0 Å². The zero-order valence-corrected chi connectivity index (χ0v) is 10.2. The first-order valence-electron chi connectivity index (χ1n) is 5.04. The highest BCUT2D eigenvalue weighted by molar-refractivity contribution is 6.31. The zero-order chi connectivity index (χ0) is 10.6. The van der Waals surface area contributed by atoms with Crippen LogP contribution in [-0.4, -0.2) is 9.78 Å². The van der Waals surface area contributed by atoms with Crippen molar-refractivity contribution in [3.63, 3.8) is 0 Å². The summed E-state index contributed by atoms with van der Waals surface area (Å²) in [5.74, 6) is 0.453. The second-order valence-corrected chi connectivity index (χ2v) is 3.91. The van der Waals surface area contributed by atoms with E-state index < -0.39 is 0 Å². The highest BCUT2D eigenvalue weighted by Gasteiger charge is 2.13. The molecule has 0 saturated carbocycles. The highest BCUT2D eigenvalue weighted by atomic mass is 35.5. The van der Waals surface area contributed by atoms with Crippen LogP contribution in [0.25, 0.3) is 0 Å². The van der Waals surface area contributed by atoms with E-state index in [0.717, 1.165) is 37.1 Å². The van der Waals surface area contributed by atoms with Crippen molar-refractivity contribution in [1.29, 1.82) is 0 Å². The summed E-state index contributed by atoms with van der Waals surface area (Å²) < 4.78 is 1.86. The molecule has 0 radical (unpaired) electrons. The molecule has 0 amide bonds. The number of hydrogen-bond donors (Lipinski definition) is 0. The van der Waals surface area contributed by atoms with Crippen LogP contribution < -0.4 is 0 Å². The first-order valence-corrected chi connectivity index (χ1v) is 5.95. The minimum atomic E-state index is 0.453. The fourth-order valence-electron chi connectivity index (χ4n) is 1.40. The molecule has 1 rings (SSSR count). The van der Waals surface area contributed by atoms with Crippen LogP contribution in [0.15, 0.2) is 0 Å². The molecular formula is C10H16Cl2N2. The van der Waals surface area contributed by atoms with Gasteiger partial charge in [0.1, 0.15) is 5.15 Å². The lowest BCUT2D eigenvalue weighted by Crippen LogP contribution is -2.00. The lowest BCUT2D eigenvalue weighted by atomic mass is 10.2. The Balaban J connectivity index is 2.89. The van der Waals surface area contributed by atoms with Gasteiger partial charge in [-0.05, 0) is 12.8 Å². The van der Waals surface area contributed by atoms with Crippen LogP contribution >= 0.6 is 23.2 Å². The number of aromatic nitrogens is 2. The lowest BCUT2D eigenvalue weighted by Gasteiger charge is -2.00. The molecule has 0 saturated heterocycles. The van der Waals surface area contributed by atoms with Crippen molar-refractivity contribution in [3.8, 4) is 0 Å². The van der Waals surface area contributed by atoms with E-state index in [1.54, 1.807) is 0 Å². The molecule has 0 bridgehead atoms. The molecule has 0 spiro atoms. The number of halogens is 2. The van der Waals surface area contributed by atoms with Crippen molar-refractivity contribution >= 4 is 23.2 Å². The molecule has 4 heteroatoms. The molecule has 0 aliphatic heterocycles. The summed E-state index contributed by atoms with van der Waals surface area (Å²) in [4.78, 5) is 0. The Hall–Kier alpha value is -0.210. The normalized spacial score (nSPS) is 10.9. The average Bonchev–Trinajstić information content (AvgIpc) is 2.51. The van der Waals surface area contributed by atoms with E-state index in [2.05, 4.69) is 18.9 Å². The van der Waals surface area contributed by atoms with Gasteiger partial charge >= 0.3 is 0 Å². The van der Waals surface area contributed by atoms with E-state index in [-0.39, 0.29) is 0 Å². The van der Waals surface area contributed by atoms with Crippen LogP contribution in [0.4, 0.5) is 0 Å². The Morgan fingerprint density at radius 1 is 1.36 bits per heavy atom. The number of nitrogens with zero attached hydrogens (tertiary/aromatic N) is 2. The molecule has 14 heavy (non-hydrogen) atoms. The van der Waals surface area contributed by atoms with Gasteiger partial charge in [-0.15, -0.1) is 11.6 Å². The molecule has 0 unspecified atom stereocenters. The Labute approximate surface area is 95.2 Å². The predicted molar refractivity (Wildman–Crippen MR) is 61.1 cm³/mol. The molecule has 0 atom stereocenters. The molecule has 0 fully saturated rings. The third kappa shape index (κ3) is 2.43. The maximum Gasteiger partial charge on any atom is 0.131 e. The van der Waals surface area contributed by atoms with E-state index in [1.165, 1.54) is 0 Å². The fraction of sp³-hybridized carbons (Fsp3) is 0.700. The van der Waals surface area contributed by atoms with Gasteiger partial charge < -0.3 is 0 Å². The Kier molecular flexibility index (Phi) is 4.76. The molecule has 80 valence electrons. The van der Waals surface area contributed by atoms with Crippen molar-refractivity contribution in [2.24, 2.45) is 0 Å². The molecule has 0 aliphatic carbocycles. The molecule has 2 nitrogen and oxygen atoms in total. The van der Waals surface area contributed by atoms with Gasteiger partial charge in [0.15, 0.2) is 0 Å². The number of alkyl halides is 1. The molecule has 0 N–H and O–H groups in total. The average molecular weight is 235 g/mol. The van der Waals surface area contributed by atoms with Crippen LogP contribution in [0.1, 0.15) is 37.9 Å². The van der Waals surface area contributed by atoms with Gasteiger partial charge in [0.05, 0.1) is 11.6 Å². The summed E-state index contributed by atoms with van der Waals surface area (Å²) in [7, 11) is 0. The maximum atomic E-state index is 6.16. The van der Waals surface area contributed by atoms with Crippen molar-refractivity contribution < 1.29 is 0 Å². The number of unbranched alkanes of at least 4 members (excludes halogenated alkanes) is 1. The van der Waals surface area contributed by atoms with Crippen LogP contribution in [0, 0.1) is 0 Å². The van der Waals surface area contributed by atoms with E-state index >= 15 is 0 Å². The molecule has 1 aromatic rings. The first kappa shape index (κ1) is 11.9. The molecule has 1 heterocycles. The SMILES string of the molecule is CCCCn1nc(CC)c(CCl)c1Cl. The third-order valence-electron chi connectivity index (χ3n) is 2.26. The monoisotopic (exact) mass is 234 g/mol. The minimum Gasteiger partial charge on any atom is -0.253 e. The van der Waals surface area contributed by atoms with Gasteiger partial charge in [0.25, 0.3) is 0 Å². The van der Waals surface area contributed by atoms with E-state index in [1.807, 2.05) is 4.68 Å². The lowest BCUT2D eigenvalue weighted by molar-refractivity contribution is 0.566. The van der Waals surface area contributed by atoms with Crippen molar-refractivity contribution in [1.82, 2.24) is 9.78 Å². The van der Waals surface area contributed by atoms with Gasteiger partial charge in [-0.3, -0.25) is 4.68 Å². The molecule has 0 aliphatic rings. The number of aryl methyl sites for hydroxylation is 2. The van der Waals surface area contributed by atoms with E-state index in [9.17, 15) is 0 Å². The standard InChI is InChI=1S/C10H16Cl2N2/c1-3-5-6-14-10(12)8(7-11)9(4-2)13-14/h3-7H2,1-2H3. The van der Waals surface area contributed by atoms with Crippen LogP contribution in [0.3, 0.4) is 0 Å². The van der Waals surface area contributed by atoms with Gasteiger partial charge in [0.2, 0.25) is 0 Å². The quantitative estimate of drug-likeness (QED) is 0.712. The van der Waals surface area contributed by atoms with Gasteiger partial charge in [-0.1, -0.05) is 31.9 Å². The Morgan fingerprint density at radius 2 is 2.07 bits per heavy atom. The maximum absolute atomic E-state index is 6.16. The van der Waals surface area contributed by atoms with E-state index in [4.69, 9.17) is 23.2 Å². The smallest absolute Gasteiger partial charge is 0.131 e. The van der Waals surface area contributed by atoms with E-state index in [0.29, 0.717) is 11.0 Å². The molecule has 0 aromatic carbocycles. The third-order valence-corrected chi connectivity index (χ3v) is 2.95. The van der Waals surface area contributed by atoms with Crippen molar-refractivity contribution in [3.05, 3.63) is 16.4 Å². The first-order chi connectivity index (χ1) is 6.74. The number of hydrogen-bond acceptors (Lipinski definition) is 1. The summed E-state index contributed by atoms with van der Waals surface area (Å²) >= 11 is 12.0. The summed E-state index contributed by atoms with van der Waals surface area (Å²) in [6.07, 6.45) is 3.14. The largest absolute Gasteiger partial charge is 0.253 e. The highest BCUT2D eigenvalue weighted by Crippen LogP contribution is 2.22. The Morgan fingerprint density at radius 3 is 2.50 bits per heavy atom. The van der Waals surface area contributed by atoms with Gasteiger partial charge in [-0.2, -0.15) is 5.10 Å². The number of rotatable bonds is 5. The minimum absolute atomic E-state index is 0.453. The topological polar surface area (TPSA) is 17.8 Å². The predicted octanol–water partition coefficient (Wildman–Crippen LogP) is 3.64. The zero-order valence-electron chi connectivity index (χ0n) is 8.69. The van der Waals surface area contributed by atoms with Crippen molar-refractivity contribution in [2.45, 2.75) is 45.5 Å².